The first-order valence-electron chi connectivity index (χ1n) is 7.83. The number of amides is 1. The first-order chi connectivity index (χ1) is 11.2. The maximum absolute atomic E-state index is 12.3. The Bertz CT molecular complexity index is 686. The van der Waals surface area contributed by atoms with Crippen LogP contribution in [0.15, 0.2) is 36.5 Å². The summed E-state index contributed by atoms with van der Waals surface area (Å²) in [6.45, 7) is 2.32. The molecule has 6 heteroatoms. The van der Waals surface area contributed by atoms with Crippen LogP contribution in [0.1, 0.15) is 28.9 Å². The number of rotatable bonds is 5. The molecule has 23 heavy (non-hydrogen) atoms. The number of benzene rings is 1. The predicted octanol–water partition coefficient (Wildman–Crippen LogP) is 3.02. The van der Waals surface area contributed by atoms with Crippen molar-refractivity contribution in [1.82, 2.24) is 14.9 Å². The van der Waals surface area contributed by atoms with Gasteiger partial charge in [-0.25, -0.2) is 9.97 Å². The lowest BCUT2D eigenvalue weighted by atomic mass is 10.1. The molecule has 1 amide bonds. The standard InChI is InChI=1S/C17H19ClN4O/c18-14-5-3-4-13(12-14)6-8-19-17-20-9-7-15(21-17)16(23)22-10-1-2-11-22/h3-5,7,9,12H,1-2,6,8,10-11H2,(H,19,20,21). The summed E-state index contributed by atoms with van der Waals surface area (Å²) in [5.41, 5.74) is 1.60. The lowest BCUT2D eigenvalue weighted by molar-refractivity contribution is 0.0787. The van der Waals surface area contributed by atoms with Gasteiger partial charge in [0.05, 0.1) is 0 Å². The van der Waals surface area contributed by atoms with Crippen LogP contribution in [0.4, 0.5) is 5.95 Å². The summed E-state index contributed by atoms with van der Waals surface area (Å²) in [4.78, 5) is 22.7. The van der Waals surface area contributed by atoms with Crippen LogP contribution in [0.5, 0.6) is 0 Å². The highest BCUT2D eigenvalue weighted by Crippen LogP contribution is 2.13. The van der Waals surface area contributed by atoms with E-state index in [4.69, 9.17) is 11.6 Å². The van der Waals surface area contributed by atoms with E-state index in [9.17, 15) is 4.79 Å². The normalized spacial score (nSPS) is 14.0. The van der Waals surface area contributed by atoms with Crippen molar-refractivity contribution in [3.63, 3.8) is 0 Å². The third-order valence-corrected chi connectivity index (χ3v) is 4.09. The van der Waals surface area contributed by atoms with Crippen LogP contribution in [-0.4, -0.2) is 40.4 Å². The van der Waals surface area contributed by atoms with E-state index in [1.54, 1.807) is 12.3 Å². The fourth-order valence-corrected chi connectivity index (χ4v) is 2.87. The Hall–Kier alpha value is -2.14. The Morgan fingerprint density at radius 1 is 1.26 bits per heavy atom. The van der Waals surface area contributed by atoms with Crippen molar-refractivity contribution in [2.24, 2.45) is 0 Å². The molecule has 0 saturated carbocycles. The number of hydrogen-bond acceptors (Lipinski definition) is 4. The number of nitrogens with zero attached hydrogens (tertiary/aromatic N) is 3. The fraction of sp³-hybridized carbons (Fsp3) is 0.353. The molecular weight excluding hydrogens is 312 g/mol. The average Bonchev–Trinajstić information content (AvgIpc) is 3.09. The number of hydrogen-bond donors (Lipinski definition) is 1. The van der Waals surface area contributed by atoms with Crippen molar-refractivity contribution in [1.29, 1.82) is 0 Å². The number of anilines is 1. The van der Waals surface area contributed by atoms with E-state index < -0.39 is 0 Å². The van der Waals surface area contributed by atoms with Gasteiger partial charge >= 0.3 is 0 Å². The molecule has 1 aromatic carbocycles. The van der Waals surface area contributed by atoms with Crippen molar-refractivity contribution in [2.45, 2.75) is 19.3 Å². The van der Waals surface area contributed by atoms with Gasteiger partial charge in [0, 0.05) is 30.9 Å². The molecule has 3 rings (SSSR count). The van der Waals surface area contributed by atoms with E-state index in [1.165, 1.54) is 0 Å². The molecule has 1 aliphatic rings. The van der Waals surface area contributed by atoms with Crippen molar-refractivity contribution >= 4 is 23.5 Å². The summed E-state index contributed by atoms with van der Waals surface area (Å²) in [6.07, 6.45) is 4.58. The number of halogens is 1. The van der Waals surface area contributed by atoms with Crippen LogP contribution in [0.2, 0.25) is 5.02 Å². The summed E-state index contributed by atoms with van der Waals surface area (Å²) in [6, 6.07) is 9.43. The molecule has 0 unspecified atom stereocenters. The Morgan fingerprint density at radius 2 is 2.09 bits per heavy atom. The molecule has 0 atom stereocenters. The van der Waals surface area contributed by atoms with E-state index in [2.05, 4.69) is 15.3 Å². The van der Waals surface area contributed by atoms with Gasteiger partial charge < -0.3 is 10.2 Å². The Labute approximate surface area is 140 Å². The van der Waals surface area contributed by atoms with Crippen LogP contribution in [0.3, 0.4) is 0 Å². The number of carbonyl (C=O) groups excluding carboxylic acids is 1. The van der Waals surface area contributed by atoms with Gasteiger partial charge in [0.25, 0.3) is 5.91 Å². The van der Waals surface area contributed by atoms with Gasteiger partial charge in [-0.15, -0.1) is 0 Å². The number of nitrogens with one attached hydrogen (secondary N) is 1. The second-order valence-corrected chi connectivity index (χ2v) is 6.01. The summed E-state index contributed by atoms with van der Waals surface area (Å²) >= 11 is 5.97. The highest BCUT2D eigenvalue weighted by atomic mass is 35.5. The zero-order valence-corrected chi connectivity index (χ0v) is 13.6. The van der Waals surface area contributed by atoms with Gasteiger partial charge in [-0.3, -0.25) is 4.79 Å². The number of carbonyl (C=O) groups is 1. The molecule has 1 aliphatic heterocycles. The van der Waals surface area contributed by atoms with Crippen LogP contribution >= 0.6 is 11.6 Å². The van der Waals surface area contributed by atoms with Gasteiger partial charge in [-0.2, -0.15) is 0 Å². The molecule has 0 radical (unpaired) electrons. The molecule has 0 aliphatic carbocycles. The SMILES string of the molecule is O=C(c1ccnc(NCCc2cccc(Cl)c2)n1)N1CCCC1. The molecule has 1 aromatic heterocycles. The first kappa shape index (κ1) is 15.7. The van der Waals surface area contributed by atoms with Crippen molar-refractivity contribution in [3.8, 4) is 0 Å². The number of likely N-dealkylation sites (tertiary alicyclic amines) is 1. The van der Waals surface area contributed by atoms with Gasteiger partial charge in [0.15, 0.2) is 0 Å². The molecule has 2 aromatic rings. The molecule has 120 valence electrons. The van der Waals surface area contributed by atoms with Crippen molar-refractivity contribution in [3.05, 3.63) is 52.8 Å². The molecule has 0 spiro atoms. The zero-order valence-electron chi connectivity index (χ0n) is 12.8. The van der Waals surface area contributed by atoms with E-state index in [-0.39, 0.29) is 5.91 Å². The Morgan fingerprint density at radius 3 is 2.87 bits per heavy atom. The highest BCUT2D eigenvalue weighted by Gasteiger charge is 2.20. The summed E-state index contributed by atoms with van der Waals surface area (Å²) in [5, 5.41) is 3.90. The quantitative estimate of drug-likeness (QED) is 0.915. The van der Waals surface area contributed by atoms with Crippen molar-refractivity contribution in [2.75, 3.05) is 25.0 Å². The second-order valence-electron chi connectivity index (χ2n) is 5.57. The first-order valence-corrected chi connectivity index (χ1v) is 8.21. The number of aromatic nitrogens is 2. The summed E-state index contributed by atoms with van der Waals surface area (Å²) < 4.78 is 0. The van der Waals surface area contributed by atoms with E-state index in [1.807, 2.05) is 29.2 Å². The van der Waals surface area contributed by atoms with Crippen LogP contribution in [0.25, 0.3) is 0 Å². The minimum absolute atomic E-state index is 0.0113. The van der Waals surface area contributed by atoms with Crippen LogP contribution < -0.4 is 5.32 Å². The second kappa shape index (κ2) is 7.42. The summed E-state index contributed by atoms with van der Waals surface area (Å²) in [7, 11) is 0. The van der Waals surface area contributed by atoms with E-state index in [0.717, 1.165) is 42.9 Å². The Balaban J connectivity index is 1.58. The minimum Gasteiger partial charge on any atom is -0.354 e. The van der Waals surface area contributed by atoms with Gasteiger partial charge in [0.2, 0.25) is 5.95 Å². The van der Waals surface area contributed by atoms with Gasteiger partial charge in [-0.1, -0.05) is 23.7 Å². The lowest BCUT2D eigenvalue weighted by Crippen LogP contribution is -2.28. The molecule has 1 fully saturated rings. The minimum atomic E-state index is -0.0113. The van der Waals surface area contributed by atoms with Crippen LogP contribution in [0, 0.1) is 0 Å². The molecule has 1 saturated heterocycles. The highest BCUT2D eigenvalue weighted by molar-refractivity contribution is 6.30. The largest absolute Gasteiger partial charge is 0.354 e. The predicted molar refractivity (Wildman–Crippen MR) is 90.8 cm³/mol. The van der Waals surface area contributed by atoms with Crippen molar-refractivity contribution < 1.29 is 4.79 Å². The zero-order chi connectivity index (χ0) is 16.1. The smallest absolute Gasteiger partial charge is 0.272 e. The van der Waals surface area contributed by atoms with Crippen LogP contribution in [-0.2, 0) is 6.42 Å². The topological polar surface area (TPSA) is 58.1 Å². The maximum Gasteiger partial charge on any atom is 0.272 e. The molecule has 1 N–H and O–H groups in total. The third-order valence-electron chi connectivity index (χ3n) is 3.85. The fourth-order valence-electron chi connectivity index (χ4n) is 2.66. The molecule has 2 heterocycles. The maximum atomic E-state index is 12.3. The van der Waals surface area contributed by atoms with Gasteiger partial charge in [-0.05, 0) is 43.0 Å². The monoisotopic (exact) mass is 330 g/mol. The molecule has 0 bridgehead atoms. The Kier molecular flexibility index (Phi) is 5.08. The average molecular weight is 331 g/mol. The van der Waals surface area contributed by atoms with E-state index >= 15 is 0 Å². The van der Waals surface area contributed by atoms with Gasteiger partial charge in [0.1, 0.15) is 5.69 Å². The molecule has 5 nitrogen and oxygen atoms in total. The molecular formula is C17H19ClN4O. The summed E-state index contributed by atoms with van der Waals surface area (Å²) in [5.74, 6) is 0.472. The lowest BCUT2D eigenvalue weighted by Gasteiger charge is -2.14. The van der Waals surface area contributed by atoms with E-state index in [0.29, 0.717) is 18.2 Å². The third kappa shape index (κ3) is 4.20.